The van der Waals surface area contributed by atoms with Crippen LogP contribution in [0.4, 0.5) is 0 Å². The van der Waals surface area contributed by atoms with Crippen LogP contribution in [0.3, 0.4) is 0 Å². The van der Waals surface area contributed by atoms with Crippen molar-refractivity contribution in [2.45, 2.75) is 44.3 Å². The molecular formula is C23H29N3O. The van der Waals surface area contributed by atoms with Crippen LogP contribution in [0.25, 0.3) is 0 Å². The van der Waals surface area contributed by atoms with Crippen molar-refractivity contribution in [3.05, 3.63) is 71.3 Å². The first-order valence-corrected chi connectivity index (χ1v) is 10.1. The van der Waals surface area contributed by atoms with E-state index in [0.29, 0.717) is 18.9 Å². The topological polar surface area (TPSA) is 49.6 Å². The minimum Gasteiger partial charge on any atom is -0.333 e. The summed E-state index contributed by atoms with van der Waals surface area (Å²) in [6, 6.07) is 19.2. The number of amides is 1. The van der Waals surface area contributed by atoms with E-state index in [1.807, 2.05) is 0 Å². The van der Waals surface area contributed by atoms with Gasteiger partial charge >= 0.3 is 0 Å². The molecule has 27 heavy (non-hydrogen) atoms. The van der Waals surface area contributed by atoms with Gasteiger partial charge in [0, 0.05) is 39.1 Å². The molecule has 2 heterocycles. The minimum absolute atomic E-state index is 0.175. The van der Waals surface area contributed by atoms with E-state index in [1.54, 1.807) is 0 Å². The number of carbonyl (C=O) groups is 1. The van der Waals surface area contributed by atoms with Crippen LogP contribution >= 0.6 is 0 Å². The van der Waals surface area contributed by atoms with E-state index in [9.17, 15) is 4.79 Å². The van der Waals surface area contributed by atoms with Crippen molar-refractivity contribution < 1.29 is 4.79 Å². The number of nitrogens with zero attached hydrogens (tertiary/aromatic N) is 2. The smallest absolute Gasteiger partial charge is 0.223 e. The summed E-state index contributed by atoms with van der Waals surface area (Å²) < 4.78 is 0. The van der Waals surface area contributed by atoms with E-state index in [1.165, 1.54) is 11.1 Å². The Morgan fingerprint density at radius 2 is 1.67 bits per heavy atom. The van der Waals surface area contributed by atoms with E-state index in [4.69, 9.17) is 5.73 Å². The standard InChI is InChI=1S/C23H29N3O/c24-17-20-8-4-9-21(16-20)23(26-13-5-10-22(26)27)11-14-25(15-12-23)18-19-6-2-1-3-7-19/h1-4,6-9,16H,5,10-15,17-18,24H2. The summed E-state index contributed by atoms with van der Waals surface area (Å²) in [5.41, 5.74) is 9.48. The molecule has 2 aromatic carbocycles. The summed E-state index contributed by atoms with van der Waals surface area (Å²) in [5, 5.41) is 0. The Bertz CT molecular complexity index is 781. The highest BCUT2D eigenvalue weighted by Gasteiger charge is 2.45. The van der Waals surface area contributed by atoms with Gasteiger partial charge < -0.3 is 10.6 Å². The summed E-state index contributed by atoms with van der Waals surface area (Å²) >= 11 is 0. The molecule has 0 aliphatic carbocycles. The van der Waals surface area contributed by atoms with Crippen LogP contribution in [0.15, 0.2) is 54.6 Å². The molecule has 2 saturated heterocycles. The van der Waals surface area contributed by atoms with Crippen LogP contribution in [0, 0.1) is 0 Å². The summed E-state index contributed by atoms with van der Waals surface area (Å²) in [4.78, 5) is 17.4. The Labute approximate surface area is 162 Å². The predicted octanol–water partition coefficient (Wildman–Crippen LogP) is 3.26. The molecule has 4 heteroatoms. The molecule has 2 aliphatic heterocycles. The number of likely N-dealkylation sites (tertiary alicyclic amines) is 2. The Hall–Kier alpha value is -2.17. The van der Waals surface area contributed by atoms with E-state index < -0.39 is 0 Å². The van der Waals surface area contributed by atoms with Crippen LogP contribution in [0.1, 0.15) is 42.4 Å². The van der Waals surface area contributed by atoms with Crippen LogP contribution in [0.2, 0.25) is 0 Å². The van der Waals surface area contributed by atoms with Gasteiger partial charge in [0.25, 0.3) is 0 Å². The Balaban J connectivity index is 1.58. The predicted molar refractivity (Wildman–Crippen MR) is 108 cm³/mol. The maximum absolute atomic E-state index is 12.7. The van der Waals surface area contributed by atoms with Crippen molar-refractivity contribution in [2.75, 3.05) is 19.6 Å². The zero-order valence-electron chi connectivity index (χ0n) is 15.9. The molecule has 4 rings (SSSR count). The lowest BCUT2D eigenvalue weighted by atomic mass is 9.78. The number of piperidine rings is 1. The Kier molecular flexibility index (Phi) is 5.28. The summed E-state index contributed by atoms with van der Waals surface area (Å²) in [6.45, 7) is 4.41. The molecule has 1 amide bonds. The highest BCUT2D eigenvalue weighted by molar-refractivity contribution is 5.79. The van der Waals surface area contributed by atoms with Crippen molar-refractivity contribution >= 4 is 5.91 Å². The summed E-state index contributed by atoms with van der Waals surface area (Å²) in [6.07, 6.45) is 3.64. The van der Waals surface area contributed by atoms with E-state index in [0.717, 1.165) is 51.0 Å². The second-order valence-corrected chi connectivity index (χ2v) is 7.85. The van der Waals surface area contributed by atoms with Gasteiger partial charge in [-0.05, 0) is 36.0 Å². The van der Waals surface area contributed by atoms with E-state index >= 15 is 0 Å². The van der Waals surface area contributed by atoms with Crippen LogP contribution in [-0.2, 0) is 23.4 Å². The molecule has 0 aromatic heterocycles. The molecule has 4 nitrogen and oxygen atoms in total. The molecule has 2 N–H and O–H groups in total. The Morgan fingerprint density at radius 3 is 2.33 bits per heavy atom. The average molecular weight is 364 g/mol. The van der Waals surface area contributed by atoms with Crippen molar-refractivity contribution in [3.63, 3.8) is 0 Å². The molecule has 2 aromatic rings. The van der Waals surface area contributed by atoms with Gasteiger partial charge in [0.15, 0.2) is 0 Å². The highest BCUT2D eigenvalue weighted by atomic mass is 16.2. The Morgan fingerprint density at radius 1 is 0.926 bits per heavy atom. The largest absolute Gasteiger partial charge is 0.333 e. The first-order valence-electron chi connectivity index (χ1n) is 10.1. The number of rotatable bonds is 5. The molecule has 0 radical (unpaired) electrons. The maximum Gasteiger partial charge on any atom is 0.223 e. The third-order valence-electron chi connectivity index (χ3n) is 6.22. The maximum atomic E-state index is 12.7. The van der Waals surface area contributed by atoms with Crippen molar-refractivity contribution in [3.8, 4) is 0 Å². The molecule has 142 valence electrons. The van der Waals surface area contributed by atoms with Gasteiger partial charge in [0.05, 0.1) is 5.54 Å². The lowest BCUT2D eigenvalue weighted by Gasteiger charge is -2.48. The molecule has 2 aliphatic rings. The second-order valence-electron chi connectivity index (χ2n) is 7.85. The van der Waals surface area contributed by atoms with E-state index in [-0.39, 0.29) is 5.54 Å². The van der Waals surface area contributed by atoms with Crippen molar-refractivity contribution in [2.24, 2.45) is 5.73 Å². The number of hydrogen-bond donors (Lipinski definition) is 1. The van der Waals surface area contributed by atoms with Crippen LogP contribution in [0.5, 0.6) is 0 Å². The lowest BCUT2D eigenvalue weighted by molar-refractivity contribution is -0.136. The fourth-order valence-corrected chi connectivity index (χ4v) is 4.73. The number of benzene rings is 2. The normalized spacial score (nSPS) is 20.2. The molecule has 0 spiro atoms. The third-order valence-corrected chi connectivity index (χ3v) is 6.22. The third kappa shape index (κ3) is 3.64. The van der Waals surface area contributed by atoms with Crippen LogP contribution < -0.4 is 5.73 Å². The molecular weight excluding hydrogens is 334 g/mol. The molecule has 2 fully saturated rings. The first kappa shape index (κ1) is 18.2. The van der Waals surface area contributed by atoms with Crippen molar-refractivity contribution in [1.82, 2.24) is 9.80 Å². The molecule has 0 unspecified atom stereocenters. The number of nitrogens with two attached hydrogens (primary N) is 1. The average Bonchev–Trinajstić information content (AvgIpc) is 3.16. The summed E-state index contributed by atoms with van der Waals surface area (Å²) in [5.74, 6) is 0.310. The van der Waals surface area contributed by atoms with Crippen molar-refractivity contribution in [1.29, 1.82) is 0 Å². The van der Waals surface area contributed by atoms with Gasteiger partial charge in [-0.1, -0.05) is 54.6 Å². The number of carbonyl (C=O) groups excluding carboxylic acids is 1. The summed E-state index contributed by atoms with van der Waals surface area (Å²) in [7, 11) is 0. The van der Waals surface area contributed by atoms with Gasteiger partial charge in [-0.3, -0.25) is 9.69 Å². The zero-order chi connectivity index (χ0) is 18.7. The molecule has 0 atom stereocenters. The van der Waals surface area contributed by atoms with Gasteiger partial charge in [0.2, 0.25) is 5.91 Å². The number of hydrogen-bond acceptors (Lipinski definition) is 3. The van der Waals surface area contributed by atoms with Crippen LogP contribution in [-0.4, -0.2) is 35.3 Å². The van der Waals surface area contributed by atoms with Gasteiger partial charge in [0.1, 0.15) is 0 Å². The second kappa shape index (κ2) is 7.83. The molecule has 0 saturated carbocycles. The van der Waals surface area contributed by atoms with E-state index in [2.05, 4.69) is 64.4 Å². The SMILES string of the molecule is NCc1cccc(C2(N3CCCC3=O)CCN(Cc3ccccc3)CC2)c1. The lowest BCUT2D eigenvalue weighted by Crippen LogP contribution is -2.53. The quantitative estimate of drug-likeness (QED) is 0.887. The fourth-order valence-electron chi connectivity index (χ4n) is 4.73. The minimum atomic E-state index is -0.175. The monoisotopic (exact) mass is 363 g/mol. The van der Waals surface area contributed by atoms with Gasteiger partial charge in [-0.2, -0.15) is 0 Å². The highest BCUT2D eigenvalue weighted by Crippen LogP contribution is 2.41. The molecule has 0 bridgehead atoms. The zero-order valence-corrected chi connectivity index (χ0v) is 15.9. The first-order chi connectivity index (χ1) is 13.2. The van der Waals surface area contributed by atoms with Gasteiger partial charge in [-0.15, -0.1) is 0 Å². The van der Waals surface area contributed by atoms with Gasteiger partial charge in [-0.25, -0.2) is 0 Å². The fraction of sp³-hybridized carbons (Fsp3) is 0.435.